The normalized spacial score (nSPS) is 25.7. The molecule has 10 heteroatoms. The van der Waals surface area contributed by atoms with Crippen molar-refractivity contribution in [3.8, 4) is 0 Å². The zero-order valence-corrected chi connectivity index (χ0v) is 14.7. The number of alkyl carbamates (subject to hydrolysis) is 1. The highest BCUT2D eigenvalue weighted by molar-refractivity contribution is 5.82. The molecule has 1 N–H and O–H groups in total. The van der Waals surface area contributed by atoms with E-state index < -0.39 is 29.2 Å². The maximum absolute atomic E-state index is 13.8. The fourth-order valence-corrected chi connectivity index (χ4v) is 3.71. The number of alkyl halides is 3. The first-order valence-electron chi connectivity index (χ1n) is 8.86. The molecule has 0 bridgehead atoms. The number of carbonyl (C=O) groups is 2. The molecule has 28 heavy (non-hydrogen) atoms. The standard InChI is InChI=1S/C18H18F4N2O4/c19-14-5-12(18(20,21)22)2-1-10(14)6-27-13-3-11(4-13)15(25)24-7-17(8-24)9-28-16(26)23-17/h1-2,5,11,13H,3-4,6-9H2,(H,23,26). The molecular formula is C18H18F4N2O4. The van der Waals surface area contributed by atoms with Crippen LogP contribution in [0.15, 0.2) is 18.2 Å². The average molecular weight is 402 g/mol. The Kier molecular flexibility index (Phi) is 4.48. The van der Waals surface area contributed by atoms with Crippen LogP contribution in [0.3, 0.4) is 0 Å². The zero-order valence-electron chi connectivity index (χ0n) is 14.7. The molecule has 6 nitrogen and oxygen atoms in total. The van der Waals surface area contributed by atoms with Crippen molar-refractivity contribution < 1.29 is 36.6 Å². The Labute approximate surface area is 157 Å². The summed E-state index contributed by atoms with van der Waals surface area (Å²) in [6.45, 7) is 0.934. The van der Waals surface area contributed by atoms with E-state index in [1.54, 1.807) is 4.90 Å². The number of hydrogen-bond acceptors (Lipinski definition) is 4. The minimum atomic E-state index is -4.59. The Morgan fingerprint density at radius 3 is 2.61 bits per heavy atom. The molecule has 0 radical (unpaired) electrons. The van der Waals surface area contributed by atoms with Crippen LogP contribution in [0.5, 0.6) is 0 Å². The van der Waals surface area contributed by atoms with Crippen LogP contribution in [0, 0.1) is 11.7 Å². The van der Waals surface area contributed by atoms with Gasteiger partial charge in [0, 0.05) is 24.6 Å². The summed E-state index contributed by atoms with van der Waals surface area (Å²) in [5.74, 6) is -1.18. The minimum absolute atomic E-state index is 0.0210. The number of likely N-dealkylation sites (tertiary alicyclic amines) is 1. The van der Waals surface area contributed by atoms with E-state index in [4.69, 9.17) is 9.47 Å². The number of halogens is 4. The lowest BCUT2D eigenvalue weighted by molar-refractivity contribution is -0.153. The summed E-state index contributed by atoms with van der Waals surface area (Å²) >= 11 is 0. The van der Waals surface area contributed by atoms with Gasteiger partial charge in [-0.25, -0.2) is 9.18 Å². The van der Waals surface area contributed by atoms with Gasteiger partial charge < -0.3 is 19.7 Å². The van der Waals surface area contributed by atoms with Gasteiger partial charge in [-0.05, 0) is 25.0 Å². The molecule has 0 unspecified atom stereocenters. The molecule has 2 aliphatic heterocycles. The van der Waals surface area contributed by atoms with Crippen molar-refractivity contribution in [1.29, 1.82) is 0 Å². The number of benzene rings is 1. The first-order chi connectivity index (χ1) is 13.2. The van der Waals surface area contributed by atoms with E-state index in [1.807, 2.05) is 0 Å². The van der Waals surface area contributed by atoms with Crippen LogP contribution in [0.2, 0.25) is 0 Å². The number of nitrogens with zero attached hydrogens (tertiary/aromatic N) is 1. The number of rotatable bonds is 4. The van der Waals surface area contributed by atoms with Crippen LogP contribution >= 0.6 is 0 Å². The summed E-state index contributed by atoms with van der Waals surface area (Å²) in [6, 6.07) is 2.34. The summed E-state index contributed by atoms with van der Waals surface area (Å²) in [7, 11) is 0. The Morgan fingerprint density at radius 2 is 2.04 bits per heavy atom. The summed E-state index contributed by atoms with van der Waals surface area (Å²) in [6.07, 6.45) is -4.34. The van der Waals surface area contributed by atoms with E-state index in [1.165, 1.54) is 0 Å². The van der Waals surface area contributed by atoms with Crippen LogP contribution in [0.4, 0.5) is 22.4 Å². The molecule has 3 fully saturated rings. The first-order valence-corrected chi connectivity index (χ1v) is 8.86. The van der Waals surface area contributed by atoms with Crippen molar-refractivity contribution in [1.82, 2.24) is 10.2 Å². The molecule has 1 aromatic carbocycles. The third-order valence-electron chi connectivity index (χ3n) is 5.44. The second kappa shape index (κ2) is 6.61. The average Bonchev–Trinajstić information content (AvgIpc) is 2.94. The van der Waals surface area contributed by atoms with Gasteiger partial charge in [-0.15, -0.1) is 0 Å². The Balaban J connectivity index is 1.21. The van der Waals surface area contributed by atoms with Gasteiger partial charge in [-0.3, -0.25) is 4.79 Å². The van der Waals surface area contributed by atoms with Crippen molar-refractivity contribution in [3.05, 3.63) is 35.1 Å². The van der Waals surface area contributed by atoms with Crippen molar-refractivity contribution in [2.45, 2.75) is 37.3 Å². The van der Waals surface area contributed by atoms with Gasteiger partial charge in [-0.1, -0.05) is 6.07 Å². The number of amides is 2. The van der Waals surface area contributed by atoms with Crippen LogP contribution in [-0.4, -0.2) is 48.2 Å². The summed E-state index contributed by atoms with van der Waals surface area (Å²) in [4.78, 5) is 25.2. The number of ether oxygens (including phenoxy) is 2. The number of hydrogen-bond donors (Lipinski definition) is 1. The SMILES string of the molecule is O=C1NC2(CO1)CN(C(=O)C1CC(OCc3ccc(C(F)(F)F)cc3F)C1)C2. The van der Waals surface area contributed by atoms with Gasteiger partial charge in [0.05, 0.1) is 18.3 Å². The predicted octanol–water partition coefficient (Wildman–Crippen LogP) is 2.46. The van der Waals surface area contributed by atoms with Crippen LogP contribution in [0.25, 0.3) is 0 Å². The largest absolute Gasteiger partial charge is 0.447 e. The molecule has 1 spiro atoms. The van der Waals surface area contributed by atoms with E-state index in [-0.39, 0.29) is 36.7 Å². The van der Waals surface area contributed by atoms with E-state index in [9.17, 15) is 27.2 Å². The highest BCUT2D eigenvalue weighted by Gasteiger charge is 2.53. The van der Waals surface area contributed by atoms with E-state index >= 15 is 0 Å². The molecule has 2 heterocycles. The second-order valence-electron chi connectivity index (χ2n) is 7.58. The maximum Gasteiger partial charge on any atom is 0.416 e. The van der Waals surface area contributed by atoms with Gasteiger partial charge in [0.2, 0.25) is 5.91 Å². The van der Waals surface area contributed by atoms with Gasteiger partial charge in [0.15, 0.2) is 0 Å². The fourth-order valence-electron chi connectivity index (χ4n) is 3.71. The third-order valence-corrected chi connectivity index (χ3v) is 5.44. The minimum Gasteiger partial charge on any atom is -0.447 e. The van der Waals surface area contributed by atoms with E-state index in [0.717, 1.165) is 12.1 Å². The van der Waals surface area contributed by atoms with Crippen LogP contribution in [0.1, 0.15) is 24.0 Å². The van der Waals surface area contributed by atoms with E-state index in [0.29, 0.717) is 32.0 Å². The number of carbonyl (C=O) groups excluding carboxylic acids is 2. The first kappa shape index (κ1) is 19.0. The molecule has 1 saturated carbocycles. The highest BCUT2D eigenvalue weighted by atomic mass is 19.4. The van der Waals surface area contributed by atoms with Crippen molar-refractivity contribution in [2.75, 3.05) is 19.7 Å². The van der Waals surface area contributed by atoms with Crippen molar-refractivity contribution in [3.63, 3.8) is 0 Å². The topological polar surface area (TPSA) is 67.9 Å². The Hall–Kier alpha value is -2.36. The summed E-state index contributed by atoms with van der Waals surface area (Å²) < 4.78 is 61.8. The van der Waals surface area contributed by atoms with E-state index in [2.05, 4.69) is 5.32 Å². The Morgan fingerprint density at radius 1 is 1.32 bits per heavy atom. The van der Waals surface area contributed by atoms with Gasteiger partial charge >= 0.3 is 12.3 Å². The molecule has 1 aliphatic carbocycles. The lowest BCUT2D eigenvalue weighted by atomic mass is 9.79. The lowest BCUT2D eigenvalue weighted by Crippen LogP contribution is -2.71. The van der Waals surface area contributed by atoms with Gasteiger partial charge in [-0.2, -0.15) is 13.2 Å². The molecule has 0 aromatic heterocycles. The quantitative estimate of drug-likeness (QED) is 0.786. The van der Waals surface area contributed by atoms with Crippen LogP contribution in [-0.2, 0) is 27.1 Å². The zero-order chi connectivity index (χ0) is 20.1. The highest BCUT2D eigenvalue weighted by Crippen LogP contribution is 2.36. The second-order valence-corrected chi connectivity index (χ2v) is 7.58. The predicted molar refractivity (Wildman–Crippen MR) is 86.5 cm³/mol. The molecular weight excluding hydrogens is 384 g/mol. The van der Waals surface area contributed by atoms with Gasteiger partial charge in [0.1, 0.15) is 18.0 Å². The fraction of sp³-hybridized carbons (Fsp3) is 0.556. The smallest absolute Gasteiger partial charge is 0.416 e. The molecule has 0 atom stereocenters. The van der Waals surface area contributed by atoms with Crippen molar-refractivity contribution in [2.24, 2.45) is 5.92 Å². The lowest BCUT2D eigenvalue weighted by Gasteiger charge is -2.48. The monoisotopic (exact) mass is 402 g/mol. The van der Waals surface area contributed by atoms with Crippen LogP contribution < -0.4 is 5.32 Å². The molecule has 3 aliphatic rings. The maximum atomic E-state index is 13.8. The molecule has 152 valence electrons. The molecule has 2 saturated heterocycles. The van der Waals surface area contributed by atoms with Gasteiger partial charge in [0.25, 0.3) is 0 Å². The summed E-state index contributed by atoms with van der Waals surface area (Å²) in [5, 5.41) is 2.71. The molecule has 2 amide bonds. The van der Waals surface area contributed by atoms with Crippen molar-refractivity contribution >= 4 is 12.0 Å². The Bertz CT molecular complexity index is 801. The third kappa shape index (κ3) is 3.52. The summed E-state index contributed by atoms with van der Waals surface area (Å²) in [5.41, 5.74) is -1.46. The molecule has 4 rings (SSSR count). The number of nitrogens with one attached hydrogen (secondary N) is 1. The molecule has 1 aromatic rings. The number of cyclic esters (lactones) is 1.